The summed E-state index contributed by atoms with van der Waals surface area (Å²) in [5, 5.41) is 15.6. The normalized spacial score (nSPS) is 10.5. The van der Waals surface area contributed by atoms with E-state index in [0.717, 1.165) is 33.3 Å². The Balaban J connectivity index is 0.000000202. The van der Waals surface area contributed by atoms with Gasteiger partial charge < -0.3 is 27.4 Å². The second-order valence-corrected chi connectivity index (χ2v) is 12.2. The number of hydrogen-bond donors (Lipinski definition) is 1. The number of para-hydroxylation sites is 2. The van der Waals surface area contributed by atoms with Crippen LogP contribution in [0.3, 0.4) is 0 Å². The van der Waals surface area contributed by atoms with Crippen molar-refractivity contribution in [1.29, 1.82) is 0 Å². The Morgan fingerprint density at radius 1 is 0.780 bits per heavy atom. The summed E-state index contributed by atoms with van der Waals surface area (Å²) >= 11 is 7.55. The molecule has 0 aliphatic rings. The van der Waals surface area contributed by atoms with Gasteiger partial charge in [0.2, 0.25) is 5.71 Å². The van der Waals surface area contributed by atoms with Crippen LogP contribution in [0.25, 0.3) is 55.1 Å². The standard InChI is InChI=1S/C15H11NO.C14H8BrNO3.C6H15O3P.2CH3I/c1-9-6-7-10-12(8-9)16-15-14(10)11-4-2-3-5-13(11)17-15;15-9-5-6-10(13(7-9)16(17)18)12-8-19-14-4-2-1-3-11(12)14;1-4-7-10(8-5-2)9-6-3;2*1-2/h2-8,16H,1H3;1-8H;4-6H2,1-3H3;2*1H3. The van der Waals surface area contributed by atoms with Gasteiger partial charge in [0.25, 0.3) is 5.69 Å². The molecule has 0 radical (unpaired) electrons. The quantitative estimate of drug-likeness (QED) is 0.0530. The summed E-state index contributed by atoms with van der Waals surface area (Å²) in [7, 11) is -1.06. The molecule has 7 rings (SSSR count). The highest BCUT2D eigenvalue weighted by Gasteiger charge is 2.19. The molecule has 0 amide bonds. The number of halogens is 3. The minimum atomic E-state index is -1.06. The lowest BCUT2D eigenvalue weighted by atomic mass is 10.0. The SMILES string of the molecule is CCOP(OCC)OCC.CI.CI.Cc1ccc2c(c1)[nH]c1oc3ccccc3c12.O=[N+]([O-])c1cc(Br)ccc1-c1coc2ccccc12. The van der Waals surface area contributed by atoms with E-state index in [2.05, 4.69) is 97.3 Å². The molecule has 0 saturated heterocycles. The molecular weight excluding hydrogens is 949 g/mol. The molecule has 0 bridgehead atoms. The number of rotatable bonds is 8. The Morgan fingerprint density at radius 3 is 2.00 bits per heavy atom. The molecule has 4 aromatic carbocycles. The number of furan rings is 2. The van der Waals surface area contributed by atoms with Gasteiger partial charge in [0, 0.05) is 37.8 Å². The van der Waals surface area contributed by atoms with Crippen molar-refractivity contribution in [3.8, 4) is 11.1 Å². The molecule has 0 aliphatic carbocycles. The van der Waals surface area contributed by atoms with Crippen LogP contribution < -0.4 is 0 Å². The number of nitro benzene ring substituents is 1. The van der Waals surface area contributed by atoms with Crippen LogP contribution >= 0.6 is 69.7 Å². The smallest absolute Gasteiger partial charge is 0.332 e. The van der Waals surface area contributed by atoms with Crippen molar-refractivity contribution in [2.45, 2.75) is 27.7 Å². The van der Waals surface area contributed by atoms with Crippen LogP contribution in [0.2, 0.25) is 0 Å². The fourth-order valence-corrected chi connectivity index (χ4v) is 6.21. The molecule has 9 nitrogen and oxygen atoms in total. The first-order valence-electron chi connectivity index (χ1n) is 15.6. The Kier molecular flexibility index (Phi) is 18.2. The van der Waals surface area contributed by atoms with Gasteiger partial charge in [-0.15, -0.1) is 0 Å². The van der Waals surface area contributed by atoms with E-state index in [0.29, 0.717) is 29.9 Å². The van der Waals surface area contributed by atoms with Crippen molar-refractivity contribution in [3.63, 3.8) is 0 Å². The average molecular weight is 989 g/mol. The molecule has 0 atom stereocenters. The molecule has 3 aromatic heterocycles. The molecule has 0 unspecified atom stereocenters. The lowest BCUT2D eigenvalue weighted by Gasteiger charge is -2.12. The number of hydrogen-bond acceptors (Lipinski definition) is 7. The molecule has 266 valence electrons. The van der Waals surface area contributed by atoms with Gasteiger partial charge in [0.15, 0.2) is 0 Å². The van der Waals surface area contributed by atoms with E-state index in [1.165, 1.54) is 27.8 Å². The van der Waals surface area contributed by atoms with Gasteiger partial charge in [0.1, 0.15) is 11.2 Å². The summed E-state index contributed by atoms with van der Waals surface area (Å²) in [4.78, 5) is 18.1. The zero-order valence-corrected chi connectivity index (χ0v) is 35.5. The third-order valence-electron chi connectivity index (χ3n) is 6.92. The molecule has 0 fully saturated rings. The van der Waals surface area contributed by atoms with Gasteiger partial charge in [-0.1, -0.05) is 110 Å². The molecule has 1 N–H and O–H groups in total. The summed E-state index contributed by atoms with van der Waals surface area (Å²) in [6, 6.07) is 27.1. The zero-order chi connectivity index (χ0) is 36.6. The summed E-state index contributed by atoms with van der Waals surface area (Å²) in [5.41, 5.74) is 6.27. The van der Waals surface area contributed by atoms with E-state index in [-0.39, 0.29) is 10.6 Å². The van der Waals surface area contributed by atoms with Crippen molar-refractivity contribution < 1.29 is 27.3 Å². The van der Waals surface area contributed by atoms with Crippen LogP contribution in [-0.2, 0) is 13.6 Å². The van der Waals surface area contributed by atoms with E-state index in [1.54, 1.807) is 18.4 Å². The highest BCUT2D eigenvalue weighted by Crippen LogP contribution is 2.39. The summed E-state index contributed by atoms with van der Waals surface area (Å²) < 4.78 is 27.4. The number of nitrogens with one attached hydrogen (secondary N) is 1. The fraction of sp³-hybridized carbons (Fsp3) is 0.243. The lowest BCUT2D eigenvalue weighted by molar-refractivity contribution is -0.384. The number of aromatic nitrogens is 1. The fourth-order valence-electron chi connectivity index (χ4n) is 5.00. The first-order valence-corrected chi connectivity index (χ1v) is 21.8. The Labute approximate surface area is 329 Å². The van der Waals surface area contributed by atoms with E-state index in [9.17, 15) is 10.1 Å². The molecule has 0 saturated carbocycles. The lowest BCUT2D eigenvalue weighted by Crippen LogP contribution is -1.94. The van der Waals surface area contributed by atoms with Crippen molar-refractivity contribution in [1.82, 2.24) is 4.98 Å². The van der Waals surface area contributed by atoms with Crippen LogP contribution in [0.1, 0.15) is 26.3 Å². The van der Waals surface area contributed by atoms with E-state index in [1.807, 2.05) is 73.1 Å². The van der Waals surface area contributed by atoms with Crippen molar-refractivity contribution in [2.75, 3.05) is 29.7 Å². The van der Waals surface area contributed by atoms with Gasteiger partial charge in [-0.3, -0.25) is 10.1 Å². The minimum absolute atomic E-state index is 0.0564. The molecule has 3 heterocycles. The maximum Gasteiger partial charge on any atom is 0.332 e. The molecule has 0 aliphatic heterocycles. The van der Waals surface area contributed by atoms with Crippen molar-refractivity contribution >= 4 is 119 Å². The van der Waals surface area contributed by atoms with Crippen molar-refractivity contribution in [3.05, 3.63) is 111 Å². The van der Waals surface area contributed by atoms with Gasteiger partial charge in [0.05, 0.1) is 42.0 Å². The Bertz CT molecular complexity index is 2080. The van der Waals surface area contributed by atoms with Crippen LogP contribution in [0.5, 0.6) is 0 Å². The monoisotopic (exact) mass is 988 g/mol. The number of fused-ring (bicyclic) bond motifs is 6. The van der Waals surface area contributed by atoms with Gasteiger partial charge in [-0.2, -0.15) is 0 Å². The summed E-state index contributed by atoms with van der Waals surface area (Å²) in [6.45, 7) is 9.80. The van der Waals surface area contributed by atoms with Gasteiger partial charge in [-0.05, 0) is 73.5 Å². The zero-order valence-electron chi connectivity index (χ0n) is 28.7. The molecule has 0 spiro atoms. The molecule has 13 heteroatoms. The minimum Gasteiger partial charge on any atom is -0.464 e. The number of aryl methyl sites for hydroxylation is 1. The van der Waals surface area contributed by atoms with E-state index >= 15 is 0 Å². The first kappa shape index (κ1) is 41.8. The highest BCUT2D eigenvalue weighted by molar-refractivity contribution is 14.1. The van der Waals surface area contributed by atoms with E-state index in [4.69, 9.17) is 22.4 Å². The van der Waals surface area contributed by atoms with Crippen LogP contribution in [0, 0.1) is 17.0 Å². The Morgan fingerprint density at radius 2 is 1.38 bits per heavy atom. The summed E-state index contributed by atoms with van der Waals surface area (Å²) in [5.74, 6) is 0. The van der Waals surface area contributed by atoms with Crippen LogP contribution in [-0.4, -0.2) is 39.6 Å². The predicted octanol–water partition coefficient (Wildman–Crippen LogP) is 13.6. The number of H-pyrrole nitrogens is 1. The van der Waals surface area contributed by atoms with Gasteiger partial charge >= 0.3 is 8.60 Å². The first-order chi connectivity index (χ1) is 24.3. The predicted molar refractivity (Wildman–Crippen MR) is 228 cm³/mol. The average Bonchev–Trinajstić information content (AvgIpc) is 3.83. The number of alkyl halides is 2. The Hall–Kier alpha value is -2.59. The molecule has 7 aromatic rings. The number of nitrogens with zero attached hydrogens (tertiary/aromatic N) is 1. The maximum absolute atomic E-state index is 11.2. The van der Waals surface area contributed by atoms with Crippen LogP contribution in [0.4, 0.5) is 5.69 Å². The summed E-state index contributed by atoms with van der Waals surface area (Å²) in [6.07, 6.45) is 1.56. The van der Waals surface area contributed by atoms with Crippen LogP contribution in [0.15, 0.2) is 104 Å². The van der Waals surface area contributed by atoms with Gasteiger partial charge in [-0.25, -0.2) is 0 Å². The van der Waals surface area contributed by atoms with E-state index < -0.39 is 8.60 Å². The maximum atomic E-state index is 11.2. The van der Waals surface area contributed by atoms with Crippen molar-refractivity contribution in [2.24, 2.45) is 0 Å². The third-order valence-corrected chi connectivity index (χ3v) is 8.82. The largest absolute Gasteiger partial charge is 0.464 e. The molecular formula is C37H40BrI2N2O7P. The number of nitro groups is 1. The highest BCUT2D eigenvalue weighted by atomic mass is 127. The number of benzene rings is 4. The molecule has 50 heavy (non-hydrogen) atoms. The topological polar surface area (TPSA) is 113 Å². The third kappa shape index (κ3) is 10.7. The second-order valence-electron chi connectivity index (χ2n) is 10.0. The number of aromatic amines is 1. The second kappa shape index (κ2) is 21.7.